The number of sulfonamides is 1. The number of ketones is 1. The molecule has 0 spiro atoms. The van der Waals surface area contributed by atoms with Crippen molar-refractivity contribution in [1.82, 2.24) is 5.16 Å². The Labute approximate surface area is 172 Å². The molecule has 30 heavy (non-hydrogen) atoms. The van der Waals surface area contributed by atoms with Crippen LogP contribution in [0, 0.1) is 17.0 Å². The zero-order valence-electron chi connectivity index (χ0n) is 16.0. The average molecular weight is 427 g/mol. The first-order valence-corrected chi connectivity index (χ1v) is 10.2. The highest BCUT2D eigenvalue weighted by Gasteiger charge is 2.22. The second kappa shape index (κ2) is 8.29. The Bertz CT molecular complexity index is 1240. The molecule has 0 unspecified atom stereocenters. The number of benzene rings is 2. The number of aryl methyl sites for hydroxylation is 1. The topological polar surface area (TPSA) is 132 Å². The summed E-state index contributed by atoms with van der Waals surface area (Å²) in [6.07, 6.45) is 2.94. The summed E-state index contributed by atoms with van der Waals surface area (Å²) in [6.45, 7) is 2.87. The van der Waals surface area contributed by atoms with Gasteiger partial charge in [-0.15, -0.1) is 0 Å². The lowest BCUT2D eigenvalue weighted by Gasteiger charge is -2.09. The summed E-state index contributed by atoms with van der Waals surface area (Å²) in [5.74, 6) is -0.171. The van der Waals surface area contributed by atoms with E-state index in [1.54, 1.807) is 36.4 Å². The molecule has 3 aromatic rings. The molecule has 154 valence electrons. The second-order valence-electron chi connectivity index (χ2n) is 6.38. The van der Waals surface area contributed by atoms with Gasteiger partial charge < -0.3 is 4.52 Å². The number of Topliss-reactive ketones (excluding diaryl/α,β-unsaturated/α-hetero) is 1. The van der Waals surface area contributed by atoms with Crippen LogP contribution in [0.1, 0.15) is 34.3 Å². The van der Waals surface area contributed by atoms with Crippen molar-refractivity contribution in [2.45, 2.75) is 18.7 Å². The first-order valence-electron chi connectivity index (χ1n) is 8.70. The van der Waals surface area contributed by atoms with Crippen LogP contribution in [0.4, 0.5) is 11.4 Å². The Morgan fingerprint density at radius 1 is 1.17 bits per heavy atom. The summed E-state index contributed by atoms with van der Waals surface area (Å²) in [5.41, 5.74) is 1.23. The SMILES string of the molecule is CC(=O)c1cccc(NS(=O)(=O)c2ccc(/C=C/c3onc(C)c3[N+](=O)[O-])cc2)c1. The molecule has 1 aromatic heterocycles. The van der Waals surface area contributed by atoms with E-state index in [0.717, 1.165) is 0 Å². The van der Waals surface area contributed by atoms with Crippen LogP contribution in [0.2, 0.25) is 0 Å². The third kappa shape index (κ3) is 4.61. The number of anilines is 1. The molecule has 10 heteroatoms. The quantitative estimate of drug-likeness (QED) is 0.341. The fourth-order valence-corrected chi connectivity index (χ4v) is 3.71. The monoisotopic (exact) mass is 427 g/mol. The predicted octanol–water partition coefficient (Wildman–Crippen LogP) is 4.07. The lowest BCUT2D eigenvalue weighted by atomic mass is 10.1. The Hall–Kier alpha value is -3.79. The lowest BCUT2D eigenvalue weighted by Crippen LogP contribution is -2.13. The van der Waals surface area contributed by atoms with Crippen molar-refractivity contribution in [3.05, 3.63) is 81.2 Å². The van der Waals surface area contributed by atoms with E-state index < -0.39 is 14.9 Å². The van der Waals surface area contributed by atoms with Gasteiger partial charge in [0.05, 0.1) is 9.82 Å². The number of hydrogen-bond donors (Lipinski definition) is 1. The first kappa shape index (κ1) is 20.9. The van der Waals surface area contributed by atoms with Gasteiger partial charge in [0.1, 0.15) is 0 Å². The molecular weight excluding hydrogens is 410 g/mol. The van der Waals surface area contributed by atoms with Gasteiger partial charge in [-0.25, -0.2) is 8.42 Å². The molecule has 0 aliphatic carbocycles. The van der Waals surface area contributed by atoms with Crippen molar-refractivity contribution in [2.24, 2.45) is 0 Å². The smallest absolute Gasteiger partial charge is 0.338 e. The largest absolute Gasteiger partial charge is 0.349 e. The van der Waals surface area contributed by atoms with E-state index in [-0.39, 0.29) is 33.5 Å². The van der Waals surface area contributed by atoms with Gasteiger partial charge in [-0.05, 0) is 49.8 Å². The van der Waals surface area contributed by atoms with Crippen molar-refractivity contribution < 1.29 is 22.7 Å². The van der Waals surface area contributed by atoms with Crippen LogP contribution >= 0.6 is 0 Å². The van der Waals surface area contributed by atoms with Gasteiger partial charge in [0.15, 0.2) is 11.5 Å². The number of hydrogen-bond acceptors (Lipinski definition) is 7. The Morgan fingerprint density at radius 2 is 1.87 bits per heavy atom. The maximum absolute atomic E-state index is 12.6. The Morgan fingerprint density at radius 3 is 2.50 bits per heavy atom. The Kier molecular flexibility index (Phi) is 5.79. The number of rotatable bonds is 7. The highest BCUT2D eigenvalue weighted by atomic mass is 32.2. The summed E-state index contributed by atoms with van der Waals surface area (Å²) in [5, 5.41) is 14.6. The summed E-state index contributed by atoms with van der Waals surface area (Å²) in [4.78, 5) is 22.0. The van der Waals surface area contributed by atoms with Crippen LogP contribution in [-0.4, -0.2) is 24.3 Å². The van der Waals surface area contributed by atoms with E-state index in [1.807, 2.05) is 0 Å². The van der Waals surface area contributed by atoms with Crippen LogP contribution < -0.4 is 4.72 Å². The fraction of sp³-hybridized carbons (Fsp3) is 0.100. The molecule has 1 heterocycles. The molecule has 2 aromatic carbocycles. The average Bonchev–Trinajstić information content (AvgIpc) is 3.07. The zero-order chi connectivity index (χ0) is 21.9. The van der Waals surface area contributed by atoms with Crippen LogP contribution in [0.25, 0.3) is 12.2 Å². The van der Waals surface area contributed by atoms with Crippen molar-refractivity contribution in [3.63, 3.8) is 0 Å². The van der Waals surface area contributed by atoms with Crippen LogP contribution in [-0.2, 0) is 10.0 Å². The maximum Gasteiger partial charge on any atom is 0.338 e. The van der Waals surface area contributed by atoms with E-state index in [1.165, 1.54) is 38.1 Å². The lowest BCUT2D eigenvalue weighted by molar-refractivity contribution is -0.386. The minimum atomic E-state index is -3.86. The van der Waals surface area contributed by atoms with Gasteiger partial charge in [0.25, 0.3) is 10.0 Å². The second-order valence-corrected chi connectivity index (χ2v) is 8.07. The highest BCUT2D eigenvalue weighted by Crippen LogP contribution is 2.25. The highest BCUT2D eigenvalue weighted by molar-refractivity contribution is 7.92. The minimum Gasteiger partial charge on any atom is -0.349 e. The normalized spacial score (nSPS) is 11.5. The van der Waals surface area contributed by atoms with E-state index >= 15 is 0 Å². The summed E-state index contributed by atoms with van der Waals surface area (Å²) >= 11 is 0. The number of nitrogens with one attached hydrogen (secondary N) is 1. The number of aromatic nitrogens is 1. The summed E-state index contributed by atoms with van der Waals surface area (Å²) in [7, 11) is -3.86. The summed E-state index contributed by atoms with van der Waals surface area (Å²) in [6, 6.07) is 12.1. The van der Waals surface area contributed by atoms with Crippen molar-refractivity contribution >= 4 is 39.3 Å². The third-order valence-corrected chi connectivity index (χ3v) is 5.58. The molecule has 0 radical (unpaired) electrons. The van der Waals surface area contributed by atoms with Gasteiger partial charge in [-0.3, -0.25) is 19.6 Å². The summed E-state index contributed by atoms with van der Waals surface area (Å²) < 4.78 is 32.5. The Balaban J connectivity index is 1.79. The third-order valence-electron chi connectivity index (χ3n) is 4.18. The number of nitrogens with zero attached hydrogens (tertiary/aromatic N) is 2. The first-order chi connectivity index (χ1) is 14.2. The number of carbonyl (C=O) groups is 1. The van der Waals surface area contributed by atoms with E-state index in [0.29, 0.717) is 11.1 Å². The standard InChI is InChI=1S/C20H17N3O6S/c1-13-20(23(25)26)19(29-21-13)11-8-15-6-9-18(10-7-15)30(27,28)22-17-5-3-4-16(12-17)14(2)24/h3-12,22H,1-2H3/b11-8+. The molecule has 3 rings (SSSR count). The maximum atomic E-state index is 12.6. The van der Waals surface area contributed by atoms with Gasteiger partial charge in [0, 0.05) is 11.3 Å². The molecule has 0 saturated heterocycles. The molecule has 0 bridgehead atoms. The number of carbonyl (C=O) groups excluding carboxylic acids is 1. The van der Waals surface area contributed by atoms with Crippen molar-refractivity contribution in [2.75, 3.05) is 4.72 Å². The predicted molar refractivity (Wildman–Crippen MR) is 111 cm³/mol. The molecule has 0 saturated carbocycles. The van der Waals surface area contributed by atoms with Crippen LogP contribution in [0.3, 0.4) is 0 Å². The fourth-order valence-electron chi connectivity index (χ4n) is 2.66. The van der Waals surface area contributed by atoms with Gasteiger partial charge >= 0.3 is 5.69 Å². The molecule has 1 N–H and O–H groups in total. The van der Waals surface area contributed by atoms with Crippen LogP contribution in [0.5, 0.6) is 0 Å². The van der Waals surface area contributed by atoms with Gasteiger partial charge in [0.2, 0.25) is 5.76 Å². The van der Waals surface area contributed by atoms with Crippen molar-refractivity contribution in [3.8, 4) is 0 Å². The zero-order valence-corrected chi connectivity index (χ0v) is 16.8. The van der Waals surface area contributed by atoms with Gasteiger partial charge in [-0.2, -0.15) is 0 Å². The van der Waals surface area contributed by atoms with Crippen molar-refractivity contribution in [1.29, 1.82) is 0 Å². The van der Waals surface area contributed by atoms with Crippen LogP contribution in [0.15, 0.2) is 57.9 Å². The molecule has 0 aliphatic rings. The minimum absolute atomic E-state index is 0.00113. The molecule has 9 nitrogen and oxygen atoms in total. The molecule has 0 amide bonds. The molecule has 0 atom stereocenters. The molecular formula is C20H17N3O6S. The van der Waals surface area contributed by atoms with Gasteiger partial charge in [-0.1, -0.05) is 35.5 Å². The number of nitro groups is 1. The molecule has 0 aliphatic heterocycles. The van der Waals surface area contributed by atoms with E-state index in [4.69, 9.17) is 4.52 Å². The van der Waals surface area contributed by atoms with E-state index in [9.17, 15) is 23.3 Å². The van der Waals surface area contributed by atoms with E-state index in [2.05, 4.69) is 9.88 Å². The molecule has 0 fully saturated rings.